The van der Waals surface area contributed by atoms with Gasteiger partial charge in [-0.3, -0.25) is 4.79 Å². The zero-order valence-electron chi connectivity index (χ0n) is 10.2. The minimum Gasteiger partial charge on any atom is -0.481 e. The molecule has 96 valence electrons. The number of carboxylic acid groups (broad SMARTS) is 1. The number of carbonyl (C=O) groups excluding carboxylic acids is 1. The molecule has 5 heteroatoms. The molecule has 5 nitrogen and oxygen atoms in total. The fourth-order valence-corrected chi connectivity index (χ4v) is 1.63. The van der Waals surface area contributed by atoms with Gasteiger partial charge in [-0.15, -0.1) is 6.58 Å². The molecule has 1 aliphatic carbocycles. The summed E-state index contributed by atoms with van der Waals surface area (Å²) in [6, 6.07) is 0.0922. The van der Waals surface area contributed by atoms with Gasteiger partial charge in [0.25, 0.3) is 0 Å². The lowest BCUT2D eigenvalue weighted by molar-refractivity contribution is -0.137. The molecule has 0 radical (unpaired) electrons. The zero-order valence-corrected chi connectivity index (χ0v) is 10.2. The smallest absolute Gasteiger partial charge is 0.318 e. The lowest BCUT2D eigenvalue weighted by Crippen LogP contribution is -2.45. The van der Waals surface area contributed by atoms with Crippen molar-refractivity contribution in [3.63, 3.8) is 0 Å². The molecule has 2 N–H and O–H groups in total. The van der Waals surface area contributed by atoms with Gasteiger partial charge in [-0.1, -0.05) is 6.08 Å². The van der Waals surface area contributed by atoms with Crippen LogP contribution in [0.1, 0.15) is 32.6 Å². The van der Waals surface area contributed by atoms with Gasteiger partial charge in [-0.25, -0.2) is 4.79 Å². The van der Waals surface area contributed by atoms with Crippen molar-refractivity contribution in [3.05, 3.63) is 12.7 Å². The van der Waals surface area contributed by atoms with Crippen LogP contribution in [0.4, 0.5) is 4.79 Å². The van der Waals surface area contributed by atoms with Crippen LogP contribution in [-0.2, 0) is 4.79 Å². The number of hydrogen-bond donors (Lipinski definition) is 2. The van der Waals surface area contributed by atoms with Gasteiger partial charge in [0.15, 0.2) is 0 Å². The first-order chi connectivity index (χ1) is 8.04. The normalized spacial score (nSPS) is 16.1. The van der Waals surface area contributed by atoms with Gasteiger partial charge in [-0.2, -0.15) is 0 Å². The van der Waals surface area contributed by atoms with Crippen LogP contribution in [0.25, 0.3) is 0 Å². The van der Waals surface area contributed by atoms with E-state index in [0.717, 1.165) is 12.8 Å². The van der Waals surface area contributed by atoms with Crippen molar-refractivity contribution < 1.29 is 14.7 Å². The van der Waals surface area contributed by atoms with Gasteiger partial charge >= 0.3 is 12.0 Å². The Kier molecular flexibility index (Phi) is 5.00. The second-order valence-corrected chi connectivity index (χ2v) is 4.46. The Bertz CT molecular complexity index is 300. The number of hydrogen-bond acceptors (Lipinski definition) is 2. The molecule has 17 heavy (non-hydrogen) atoms. The monoisotopic (exact) mass is 240 g/mol. The molecule has 0 aromatic heterocycles. The van der Waals surface area contributed by atoms with Crippen molar-refractivity contribution in [1.29, 1.82) is 0 Å². The van der Waals surface area contributed by atoms with E-state index in [1.807, 2.05) is 6.92 Å². The van der Waals surface area contributed by atoms with Gasteiger partial charge in [-0.05, 0) is 26.2 Å². The van der Waals surface area contributed by atoms with Crippen LogP contribution in [0.2, 0.25) is 0 Å². The van der Waals surface area contributed by atoms with Crippen LogP contribution in [0.3, 0.4) is 0 Å². The molecule has 1 saturated carbocycles. The van der Waals surface area contributed by atoms with E-state index in [4.69, 9.17) is 5.11 Å². The Morgan fingerprint density at radius 2 is 2.24 bits per heavy atom. The minimum absolute atomic E-state index is 0.0757. The summed E-state index contributed by atoms with van der Waals surface area (Å²) in [5.41, 5.74) is 0. The van der Waals surface area contributed by atoms with Gasteiger partial charge in [0, 0.05) is 25.0 Å². The van der Waals surface area contributed by atoms with Gasteiger partial charge in [0.2, 0.25) is 0 Å². The second kappa shape index (κ2) is 6.27. The Morgan fingerprint density at radius 3 is 2.71 bits per heavy atom. The number of carbonyl (C=O) groups is 2. The topological polar surface area (TPSA) is 69.6 Å². The van der Waals surface area contributed by atoms with E-state index in [1.165, 1.54) is 0 Å². The maximum absolute atomic E-state index is 11.9. The number of aliphatic carboxylic acids is 1. The molecule has 2 amide bonds. The number of nitrogens with one attached hydrogen (secondary N) is 1. The second-order valence-electron chi connectivity index (χ2n) is 4.46. The van der Waals surface area contributed by atoms with Crippen LogP contribution in [0.15, 0.2) is 12.7 Å². The number of amides is 2. The maximum Gasteiger partial charge on any atom is 0.318 e. The fraction of sp³-hybridized carbons (Fsp3) is 0.667. The van der Waals surface area contributed by atoms with E-state index in [0.29, 0.717) is 19.0 Å². The molecular formula is C12H20N2O3. The van der Waals surface area contributed by atoms with Gasteiger partial charge in [0.1, 0.15) is 0 Å². The molecule has 0 bridgehead atoms. The molecule has 1 atom stereocenters. The van der Waals surface area contributed by atoms with Crippen LogP contribution in [-0.4, -0.2) is 40.6 Å². The van der Waals surface area contributed by atoms with Crippen molar-refractivity contribution in [1.82, 2.24) is 10.2 Å². The summed E-state index contributed by atoms with van der Waals surface area (Å²) in [5.74, 6) is -0.837. The summed E-state index contributed by atoms with van der Waals surface area (Å²) >= 11 is 0. The first-order valence-electron chi connectivity index (χ1n) is 5.94. The number of nitrogens with zero attached hydrogens (tertiary/aromatic N) is 1. The lowest BCUT2D eigenvalue weighted by atomic mass is 10.2. The minimum atomic E-state index is -0.837. The average molecular weight is 240 g/mol. The quantitative estimate of drug-likeness (QED) is 0.664. The third kappa shape index (κ3) is 4.89. The molecule has 0 aromatic carbocycles. The molecule has 1 fully saturated rings. The van der Waals surface area contributed by atoms with Crippen LogP contribution in [0.5, 0.6) is 0 Å². The standard InChI is InChI=1S/C12H20N2O3/c1-3-8-14(10-5-6-10)12(17)13-9(2)4-7-11(15)16/h3,9-10H,1,4-8H2,2H3,(H,13,17)(H,15,16). The summed E-state index contributed by atoms with van der Waals surface area (Å²) in [4.78, 5) is 24.1. The fourth-order valence-electron chi connectivity index (χ4n) is 1.63. The number of rotatable bonds is 7. The molecule has 0 aromatic rings. The molecule has 1 aliphatic rings. The van der Waals surface area contributed by atoms with E-state index < -0.39 is 5.97 Å². The summed E-state index contributed by atoms with van der Waals surface area (Å²) < 4.78 is 0. The first kappa shape index (κ1) is 13.5. The Labute approximate surface area is 101 Å². The van der Waals surface area contributed by atoms with E-state index in [2.05, 4.69) is 11.9 Å². The highest BCUT2D eigenvalue weighted by molar-refractivity contribution is 5.75. The number of urea groups is 1. The predicted molar refractivity (Wildman–Crippen MR) is 64.8 cm³/mol. The molecule has 1 unspecified atom stereocenters. The molecule has 0 aliphatic heterocycles. The van der Waals surface area contributed by atoms with Crippen molar-refractivity contribution in [2.24, 2.45) is 0 Å². The third-order valence-electron chi connectivity index (χ3n) is 2.74. The highest BCUT2D eigenvalue weighted by Crippen LogP contribution is 2.26. The van der Waals surface area contributed by atoms with E-state index in [-0.39, 0.29) is 18.5 Å². The molecule has 1 rings (SSSR count). The van der Waals surface area contributed by atoms with Crippen LogP contribution < -0.4 is 5.32 Å². The summed E-state index contributed by atoms with van der Waals surface area (Å²) in [6.07, 6.45) is 4.33. The summed E-state index contributed by atoms with van der Waals surface area (Å²) in [7, 11) is 0. The molecule has 0 heterocycles. The van der Waals surface area contributed by atoms with Crippen LogP contribution in [0, 0.1) is 0 Å². The molecular weight excluding hydrogens is 220 g/mol. The highest BCUT2D eigenvalue weighted by Gasteiger charge is 2.32. The Balaban J connectivity index is 2.34. The first-order valence-corrected chi connectivity index (χ1v) is 5.94. The van der Waals surface area contributed by atoms with E-state index >= 15 is 0 Å². The average Bonchev–Trinajstić information content (AvgIpc) is 3.06. The zero-order chi connectivity index (χ0) is 12.8. The SMILES string of the molecule is C=CCN(C(=O)NC(C)CCC(=O)O)C1CC1. The predicted octanol–water partition coefficient (Wildman–Crippen LogP) is 1.60. The van der Waals surface area contributed by atoms with Crippen molar-refractivity contribution in [2.75, 3.05) is 6.54 Å². The van der Waals surface area contributed by atoms with Gasteiger partial charge in [0.05, 0.1) is 0 Å². The third-order valence-corrected chi connectivity index (χ3v) is 2.74. The van der Waals surface area contributed by atoms with Gasteiger partial charge < -0.3 is 15.3 Å². The Hall–Kier alpha value is -1.52. The van der Waals surface area contributed by atoms with Crippen LogP contribution >= 0.6 is 0 Å². The highest BCUT2D eigenvalue weighted by atomic mass is 16.4. The van der Waals surface area contributed by atoms with Crippen molar-refractivity contribution >= 4 is 12.0 Å². The molecule has 0 saturated heterocycles. The van der Waals surface area contributed by atoms with Crippen molar-refractivity contribution in [3.8, 4) is 0 Å². The van der Waals surface area contributed by atoms with E-state index in [9.17, 15) is 9.59 Å². The number of carboxylic acids is 1. The maximum atomic E-state index is 11.9. The van der Waals surface area contributed by atoms with E-state index in [1.54, 1.807) is 11.0 Å². The largest absolute Gasteiger partial charge is 0.481 e. The molecule has 0 spiro atoms. The lowest BCUT2D eigenvalue weighted by Gasteiger charge is -2.23. The summed E-state index contributed by atoms with van der Waals surface area (Å²) in [6.45, 7) is 6.00. The summed E-state index contributed by atoms with van der Waals surface area (Å²) in [5, 5.41) is 11.4. The Morgan fingerprint density at radius 1 is 1.59 bits per heavy atom. The van der Waals surface area contributed by atoms with Crippen molar-refractivity contribution in [2.45, 2.75) is 44.7 Å².